The topological polar surface area (TPSA) is 26.0 Å². The molecule has 5 heteroatoms. The highest BCUT2D eigenvalue weighted by Gasteiger charge is 2.13. The Bertz CT molecular complexity index is 577. The predicted octanol–water partition coefficient (Wildman–Crippen LogP) is 5.14. The number of benzene rings is 2. The van der Waals surface area contributed by atoms with E-state index in [1.165, 1.54) is 0 Å². The molecule has 0 bridgehead atoms. The average molecular weight is 405 g/mol. The minimum absolute atomic E-state index is 0.273. The van der Waals surface area contributed by atoms with Crippen molar-refractivity contribution in [3.05, 3.63) is 62.8 Å². The van der Waals surface area contributed by atoms with Crippen molar-refractivity contribution in [3.63, 3.8) is 0 Å². The number of thioether (sulfide) groups is 1. The zero-order valence-electron chi connectivity index (χ0n) is 9.95. The van der Waals surface area contributed by atoms with Gasteiger partial charge in [0, 0.05) is 26.7 Å². The Balaban J connectivity index is 2.05. The normalized spacial score (nSPS) is 12.4. The second kappa shape index (κ2) is 6.88. The van der Waals surface area contributed by atoms with Crippen LogP contribution in [0.1, 0.15) is 11.6 Å². The molecular formula is C14H12Br2FNS. The maximum absolute atomic E-state index is 13.9. The third-order valence-corrected chi connectivity index (χ3v) is 4.83. The maximum Gasteiger partial charge on any atom is 0.142 e. The van der Waals surface area contributed by atoms with Gasteiger partial charge in [-0.05, 0) is 40.2 Å². The molecule has 2 rings (SSSR count). The molecule has 2 aromatic rings. The highest BCUT2D eigenvalue weighted by atomic mass is 79.9. The zero-order valence-corrected chi connectivity index (χ0v) is 13.9. The molecule has 0 saturated heterocycles. The Hall–Kier alpha value is -0.360. The lowest BCUT2D eigenvalue weighted by atomic mass is 10.1. The Labute approximate surface area is 133 Å². The minimum Gasteiger partial charge on any atom is -0.323 e. The number of hydrogen-bond donors (Lipinski definition) is 1. The van der Waals surface area contributed by atoms with Crippen molar-refractivity contribution in [2.24, 2.45) is 5.73 Å². The molecule has 100 valence electrons. The van der Waals surface area contributed by atoms with E-state index in [1.807, 2.05) is 24.3 Å². The van der Waals surface area contributed by atoms with Crippen LogP contribution in [0.5, 0.6) is 0 Å². The van der Waals surface area contributed by atoms with Crippen molar-refractivity contribution < 1.29 is 4.39 Å². The van der Waals surface area contributed by atoms with Gasteiger partial charge in [0.05, 0.1) is 4.47 Å². The Morgan fingerprint density at radius 3 is 2.63 bits per heavy atom. The average Bonchev–Trinajstić information content (AvgIpc) is 2.39. The monoisotopic (exact) mass is 403 g/mol. The maximum atomic E-state index is 13.9. The van der Waals surface area contributed by atoms with Crippen LogP contribution in [0.15, 0.2) is 56.3 Å². The summed E-state index contributed by atoms with van der Waals surface area (Å²) in [4.78, 5) is 1.11. The standard InChI is InChI=1S/C14H12Br2FNS/c15-9-3-1-4-10(7-9)19-8-13(18)11-5-2-6-12(16)14(11)17/h1-7,13H,8,18H2. The number of rotatable bonds is 4. The van der Waals surface area contributed by atoms with E-state index in [4.69, 9.17) is 5.73 Å². The first-order chi connectivity index (χ1) is 9.08. The van der Waals surface area contributed by atoms with Crippen LogP contribution in [0.2, 0.25) is 0 Å². The van der Waals surface area contributed by atoms with Crippen LogP contribution in [0.3, 0.4) is 0 Å². The molecule has 0 spiro atoms. The third-order valence-electron chi connectivity index (χ3n) is 2.61. The van der Waals surface area contributed by atoms with Crippen molar-refractivity contribution in [2.75, 3.05) is 5.75 Å². The Kier molecular flexibility index (Phi) is 5.45. The van der Waals surface area contributed by atoms with Gasteiger partial charge < -0.3 is 5.73 Å². The van der Waals surface area contributed by atoms with E-state index in [-0.39, 0.29) is 11.9 Å². The molecule has 1 nitrogen and oxygen atoms in total. The number of hydrogen-bond acceptors (Lipinski definition) is 2. The lowest BCUT2D eigenvalue weighted by molar-refractivity contribution is 0.589. The summed E-state index contributed by atoms with van der Waals surface area (Å²) < 4.78 is 15.4. The molecule has 1 atom stereocenters. The van der Waals surface area contributed by atoms with E-state index in [1.54, 1.807) is 30.0 Å². The fraction of sp³-hybridized carbons (Fsp3) is 0.143. The molecular weight excluding hydrogens is 393 g/mol. The van der Waals surface area contributed by atoms with E-state index >= 15 is 0 Å². The molecule has 0 amide bonds. The van der Waals surface area contributed by atoms with Gasteiger partial charge in [0.1, 0.15) is 5.82 Å². The Morgan fingerprint density at radius 1 is 1.16 bits per heavy atom. The summed E-state index contributed by atoms with van der Waals surface area (Å²) in [6.07, 6.45) is 0. The molecule has 2 N–H and O–H groups in total. The van der Waals surface area contributed by atoms with E-state index in [9.17, 15) is 4.39 Å². The van der Waals surface area contributed by atoms with Crippen molar-refractivity contribution in [1.29, 1.82) is 0 Å². The highest BCUT2D eigenvalue weighted by molar-refractivity contribution is 9.10. The van der Waals surface area contributed by atoms with Gasteiger partial charge in [-0.15, -0.1) is 11.8 Å². The summed E-state index contributed by atoms with van der Waals surface area (Å²) in [7, 11) is 0. The van der Waals surface area contributed by atoms with Crippen LogP contribution >= 0.6 is 43.6 Å². The highest BCUT2D eigenvalue weighted by Crippen LogP contribution is 2.28. The van der Waals surface area contributed by atoms with Gasteiger partial charge in [0.25, 0.3) is 0 Å². The van der Waals surface area contributed by atoms with Crippen LogP contribution in [0.4, 0.5) is 4.39 Å². The number of halogens is 3. The van der Waals surface area contributed by atoms with Crippen molar-refractivity contribution in [1.82, 2.24) is 0 Å². The van der Waals surface area contributed by atoms with E-state index in [2.05, 4.69) is 31.9 Å². The fourth-order valence-electron chi connectivity index (χ4n) is 1.64. The molecule has 19 heavy (non-hydrogen) atoms. The first-order valence-corrected chi connectivity index (χ1v) is 8.23. The van der Waals surface area contributed by atoms with Crippen molar-refractivity contribution >= 4 is 43.6 Å². The third kappa shape index (κ3) is 4.05. The lowest BCUT2D eigenvalue weighted by Gasteiger charge is -2.13. The smallest absolute Gasteiger partial charge is 0.142 e. The van der Waals surface area contributed by atoms with Gasteiger partial charge in [-0.1, -0.05) is 34.1 Å². The predicted molar refractivity (Wildman–Crippen MR) is 85.9 cm³/mol. The van der Waals surface area contributed by atoms with Crippen molar-refractivity contribution in [3.8, 4) is 0 Å². The second-order valence-electron chi connectivity index (χ2n) is 4.02. The lowest BCUT2D eigenvalue weighted by Crippen LogP contribution is -2.14. The van der Waals surface area contributed by atoms with Crippen molar-refractivity contribution in [2.45, 2.75) is 10.9 Å². The molecule has 0 aliphatic rings. The molecule has 0 saturated carbocycles. The molecule has 1 unspecified atom stereocenters. The summed E-state index contributed by atoms with van der Waals surface area (Å²) >= 11 is 8.22. The number of nitrogens with two attached hydrogens (primary N) is 1. The molecule has 0 heterocycles. The van der Waals surface area contributed by atoms with Crippen LogP contribution in [0, 0.1) is 5.82 Å². The van der Waals surface area contributed by atoms with E-state index in [0.717, 1.165) is 9.37 Å². The molecule has 2 aromatic carbocycles. The van der Waals surface area contributed by atoms with Crippen LogP contribution < -0.4 is 5.73 Å². The van der Waals surface area contributed by atoms with Gasteiger partial charge >= 0.3 is 0 Å². The minimum atomic E-state index is -0.332. The van der Waals surface area contributed by atoms with Crippen LogP contribution in [-0.4, -0.2) is 5.75 Å². The van der Waals surface area contributed by atoms with E-state index in [0.29, 0.717) is 15.8 Å². The summed E-state index contributed by atoms with van der Waals surface area (Å²) in [5.74, 6) is 0.356. The van der Waals surface area contributed by atoms with Gasteiger partial charge in [0.15, 0.2) is 0 Å². The molecule has 0 aliphatic heterocycles. The molecule has 0 fully saturated rings. The van der Waals surface area contributed by atoms with Crippen LogP contribution in [0.25, 0.3) is 0 Å². The van der Waals surface area contributed by atoms with Gasteiger partial charge in [-0.25, -0.2) is 4.39 Å². The summed E-state index contributed by atoms with van der Waals surface area (Å²) in [5.41, 5.74) is 6.60. The summed E-state index contributed by atoms with van der Waals surface area (Å²) in [5, 5.41) is 0. The van der Waals surface area contributed by atoms with Crippen LogP contribution in [-0.2, 0) is 0 Å². The summed E-state index contributed by atoms with van der Waals surface area (Å²) in [6.45, 7) is 0. The second-order valence-corrected chi connectivity index (χ2v) is 6.88. The Morgan fingerprint density at radius 2 is 1.89 bits per heavy atom. The first-order valence-electron chi connectivity index (χ1n) is 5.66. The first kappa shape index (κ1) is 15.0. The fourth-order valence-corrected chi connectivity index (χ4v) is 3.51. The van der Waals surface area contributed by atoms with Gasteiger partial charge in [0.2, 0.25) is 0 Å². The largest absolute Gasteiger partial charge is 0.323 e. The SMILES string of the molecule is NC(CSc1cccc(Br)c1)c1cccc(Br)c1F. The zero-order chi connectivity index (χ0) is 13.8. The molecule has 0 radical (unpaired) electrons. The summed E-state index contributed by atoms with van der Waals surface area (Å²) in [6, 6.07) is 12.8. The quantitative estimate of drug-likeness (QED) is 0.713. The van der Waals surface area contributed by atoms with Gasteiger partial charge in [-0.3, -0.25) is 0 Å². The molecule has 0 aliphatic carbocycles. The van der Waals surface area contributed by atoms with E-state index < -0.39 is 0 Å². The van der Waals surface area contributed by atoms with Gasteiger partial charge in [-0.2, -0.15) is 0 Å². The molecule has 0 aromatic heterocycles.